The molecule has 0 aliphatic heterocycles. The van der Waals surface area contributed by atoms with E-state index in [2.05, 4.69) is 0 Å². The first-order chi connectivity index (χ1) is 9.20. The quantitative estimate of drug-likeness (QED) is 0.413. The lowest BCUT2D eigenvalue weighted by molar-refractivity contribution is -0.153. The van der Waals surface area contributed by atoms with Crippen molar-refractivity contribution < 1.29 is 29.4 Å². The van der Waals surface area contributed by atoms with E-state index >= 15 is 0 Å². The zero-order valence-corrected chi connectivity index (χ0v) is 11.1. The van der Waals surface area contributed by atoms with Gasteiger partial charge in [-0.2, -0.15) is 0 Å². The lowest BCUT2D eigenvalue weighted by Gasteiger charge is -2.22. The average Bonchev–Trinajstić information content (AvgIpc) is 2.39. The summed E-state index contributed by atoms with van der Waals surface area (Å²) < 4.78 is 0. The summed E-state index contributed by atoms with van der Waals surface area (Å²) in [5.74, 6) is -4.25. The van der Waals surface area contributed by atoms with Gasteiger partial charge in [-0.15, -0.1) is 0 Å². The van der Waals surface area contributed by atoms with Crippen LogP contribution < -0.4 is 11.5 Å². The summed E-state index contributed by atoms with van der Waals surface area (Å²) in [5, 5.41) is 17.3. The normalized spacial score (nSPS) is 13.3. The van der Waals surface area contributed by atoms with Crippen molar-refractivity contribution in [1.29, 1.82) is 0 Å². The Morgan fingerprint density at radius 3 is 2.05 bits per heavy atom. The van der Waals surface area contributed by atoms with E-state index < -0.39 is 42.4 Å². The van der Waals surface area contributed by atoms with Crippen molar-refractivity contribution in [2.24, 2.45) is 11.5 Å². The van der Waals surface area contributed by atoms with E-state index in [0.29, 0.717) is 4.90 Å². The number of rotatable bonds is 8. The molecular formula is C11H19N3O6. The zero-order chi connectivity index (χ0) is 15.9. The second-order valence-corrected chi connectivity index (χ2v) is 4.21. The van der Waals surface area contributed by atoms with Crippen LogP contribution >= 0.6 is 0 Å². The Morgan fingerprint density at radius 1 is 1.10 bits per heavy atom. The molecule has 114 valence electrons. The highest BCUT2D eigenvalue weighted by Gasteiger charge is 2.28. The molecule has 2 atom stereocenters. The third kappa shape index (κ3) is 5.76. The topological polar surface area (TPSA) is 164 Å². The van der Waals surface area contributed by atoms with Gasteiger partial charge in [0.15, 0.2) is 0 Å². The highest BCUT2D eigenvalue weighted by Crippen LogP contribution is 2.04. The van der Waals surface area contributed by atoms with E-state index in [9.17, 15) is 19.2 Å². The summed E-state index contributed by atoms with van der Waals surface area (Å²) >= 11 is 0. The summed E-state index contributed by atoms with van der Waals surface area (Å²) in [4.78, 5) is 45.3. The molecule has 0 rings (SSSR count). The maximum absolute atomic E-state index is 11.8. The van der Waals surface area contributed by atoms with E-state index in [-0.39, 0.29) is 19.3 Å². The Kier molecular flexibility index (Phi) is 7.40. The Balaban J connectivity index is 4.77. The van der Waals surface area contributed by atoms with Gasteiger partial charge in [-0.25, -0.2) is 0 Å². The molecule has 0 heterocycles. The molecule has 9 nitrogen and oxygen atoms in total. The minimum Gasteiger partial charge on any atom is -0.480 e. The number of carbonyl (C=O) groups is 4. The average molecular weight is 289 g/mol. The molecule has 1 unspecified atom stereocenters. The number of carbonyl (C=O) groups excluding carboxylic acids is 2. The van der Waals surface area contributed by atoms with Gasteiger partial charge in [-0.1, -0.05) is 6.92 Å². The molecule has 0 aromatic carbocycles. The lowest BCUT2D eigenvalue weighted by Crippen LogP contribution is -2.49. The van der Waals surface area contributed by atoms with Crippen molar-refractivity contribution in [2.75, 3.05) is 6.54 Å². The number of nitrogens with two attached hydrogens (primary N) is 2. The van der Waals surface area contributed by atoms with Gasteiger partial charge in [0.25, 0.3) is 0 Å². The van der Waals surface area contributed by atoms with Crippen LogP contribution in [0.5, 0.6) is 0 Å². The fourth-order valence-electron chi connectivity index (χ4n) is 1.34. The molecule has 0 aliphatic rings. The first-order valence-electron chi connectivity index (χ1n) is 6.00. The lowest BCUT2D eigenvalue weighted by atomic mass is 10.1. The molecule has 0 radical (unpaired) electrons. The van der Waals surface area contributed by atoms with Crippen molar-refractivity contribution in [3.8, 4) is 0 Å². The van der Waals surface area contributed by atoms with Gasteiger partial charge in [0, 0.05) is 6.42 Å². The highest BCUT2D eigenvalue weighted by molar-refractivity contribution is 6.00. The predicted molar refractivity (Wildman–Crippen MR) is 67.5 cm³/mol. The monoisotopic (exact) mass is 289 g/mol. The van der Waals surface area contributed by atoms with Gasteiger partial charge in [-0.05, 0) is 12.8 Å². The molecular weight excluding hydrogens is 270 g/mol. The number of aliphatic carboxylic acids is 2. The van der Waals surface area contributed by atoms with Gasteiger partial charge < -0.3 is 21.7 Å². The second-order valence-electron chi connectivity index (χ2n) is 4.21. The predicted octanol–water partition coefficient (Wildman–Crippen LogP) is -1.64. The van der Waals surface area contributed by atoms with Crippen molar-refractivity contribution in [2.45, 2.75) is 38.3 Å². The Morgan fingerprint density at radius 2 is 1.65 bits per heavy atom. The molecule has 0 bridgehead atoms. The zero-order valence-electron chi connectivity index (χ0n) is 11.1. The first kappa shape index (κ1) is 18.0. The molecule has 6 N–H and O–H groups in total. The van der Waals surface area contributed by atoms with Crippen molar-refractivity contribution in [3.05, 3.63) is 0 Å². The van der Waals surface area contributed by atoms with Crippen molar-refractivity contribution >= 4 is 23.8 Å². The van der Waals surface area contributed by atoms with Crippen LogP contribution in [0.1, 0.15) is 26.2 Å². The van der Waals surface area contributed by atoms with Crippen molar-refractivity contribution in [3.63, 3.8) is 0 Å². The number of carboxylic acid groups (broad SMARTS) is 2. The Bertz CT molecular complexity index is 398. The number of carboxylic acids is 2. The smallest absolute Gasteiger partial charge is 0.323 e. The van der Waals surface area contributed by atoms with E-state index in [1.807, 2.05) is 0 Å². The SMILES string of the molecule is CCC(N)C(=O)N(CC(=O)O)C(=O)CC[C@H](N)C(=O)O. The molecule has 20 heavy (non-hydrogen) atoms. The van der Waals surface area contributed by atoms with Gasteiger partial charge in [0.1, 0.15) is 12.6 Å². The third-order valence-electron chi connectivity index (χ3n) is 2.60. The Labute approximate surface area is 115 Å². The van der Waals surface area contributed by atoms with E-state index in [1.165, 1.54) is 0 Å². The molecule has 0 fully saturated rings. The summed E-state index contributed by atoms with van der Waals surface area (Å²) in [7, 11) is 0. The van der Waals surface area contributed by atoms with Gasteiger partial charge in [0.05, 0.1) is 6.04 Å². The van der Waals surface area contributed by atoms with E-state index in [1.54, 1.807) is 6.92 Å². The molecule has 0 saturated heterocycles. The van der Waals surface area contributed by atoms with E-state index in [4.69, 9.17) is 21.7 Å². The molecule has 0 spiro atoms. The van der Waals surface area contributed by atoms with Crippen LogP contribution in [0.4, 0.5) is 0 Å². The minimum atomic E-state index is -1.36. The van der Waals surface area contributed by atoms with Crippen LogP contribution in [0.15, 0.2) is 0 Å². The standard InChI is InChI=1S/C11H19N3O6/c1-2-6(12)10(18)14(5-9(16)17)8(15)4-3-7(13)11(19)20/h6-7H,2-5,12-13H2,1H3,(H,16,17)(H,19,20)/t6?,7-/m0/s1. The van der Waals surface area contributed by atoms with Crippen LogP contribution in [0, 0.1) is 0 Å². The largest absolute Gasteiger partial charge is 0.480 e. The first-order valence-corrected chi connectivity index (χ1v) is 6.00. The van der Waals surface area contributed by atoms with Crippen LogP contribution in [-0.4, -0.2) is 57.5 Å². The summed E-state index contributed by atoms with van der Waals surface area (Å²) in [6.07, 6.45) is -0.293. The number of amides is 2. The summed E-state index contributed by atoms with van der Waals surface area (Å²) in [6.45, 7) is 0.806. The van der Waals surface area contributed by atoms with E-state index in [0.717, 1.165) is 0 Å². The number of nitrogens with zero attached hydrogens (tertiary/aromatic N) is 1. The molecule has 9 heteroatoms. The maximum atomic E-state index is 11.8. The molecule has 0 aromatic rings. The number of hydrogen-bond acceptors (Lipinski definition) is 6. The molecule has 0 aliphatic carbocycles. The van der Waals surface area contributed by atoms with Crippen LogP contribution in [0.3, 0.4) is 0 Å². The van der Waals surface area contributed by atoms with Gasteiger partial charge in [0.2, 0.25) is 11.8 Å². The molecule has 0 aromatic heterocycles. The molecule has 2 amide bonds. The van der Waals surface area contributed by atoms with Crippen molar-refractivity contribution in [1.82, 2.24) is 4.90 Å². The molecule has 0 saturated carbocycles. The second kappa shape index (κ2) is 8.23. The number of imide groups is 1. The number of hydrogen-bond donors (Lipinski definition) is 4. The van der Waals surface area contributed by atoms with Gasteiger partial charge >= 0.3 is 11.9 Å². The van der Waals surface area contributed by atoms with Crippen LogP contribution in [-0.2, 0) is 19.2 Å². The van der Waals surface area contributed by atoms with Gasteiger partial charge in [-0.3, -0.25) is 24.1 Å². The fourth-order valence-corrected chi connectivity index (χ4v) is 1.34. The van der Waals surface area contributed by atoms with Crippen LogP contribution in [0.2, 0.25) is 0 Å². The summed E-state index contributed by atoms with van der Waals surface area (Å²) in [5.41, 5.74) is 10.7. The maximum Gasteiger partial charge on any atom is 0.323 e. The minimum absolute atomic E-state index is 0.196. The Hall–Kier alpha value is -2.00. The highest BCUT2D eigenvalue weighted by atomic mass is 16.4. The third-order valence-corrected chi connectivity index (χ3v) is 2.60. The fraction of sp³-hybridized carbons (Fsp3) is 0.636. The summed E-state index contributed by atoms with van der Waals surface area (Å²) in [6, 6.07) is -2.23. The van der Waals surface area contributed by atoms with Crippen LogP contribution in [0.25, 0.3) is 0 Å².